The maximum absolute atomic E-state index is 13.1. The summed E-state index contributed by atoms with van der Waals surface area (Å²) >= 11 is 3.00. The summed E-state index contributed by atoms with van der Waals surface area (Å²) in [7, 11) is 0. The maximum atomic E-state index is 13.1. The van der Waals surface area contributed by atoms with Crippen molar-refractivity contribution in [2.45, 2.75) is 24.1 Å². The Bertz CT molecular complexity index is 995. The van der Waals surface area contributed by atoms with Gasteiger partial charge in [-0.25, -0.2) is 4.39 Å². The van der Waals surface area contributed by atoms with Crippen LogP contribution in [0.3, 0.4) is 0 Å². The Balaban J connectivity index is 1.39. The number of hydrogen-bond acceptors (Lipinski definition) is 8. The number of thioether (sulfide) groups is 1. The number of halogens is 1. The summed E-state index contributed by atoms with van der Waals surface area (Å²) in [6.07, 6.45) is 1.71. The second-order valence-electron chi connectivity index (χ2n) is 6.86. The van der Waals surface area contributed by atoms with Gasteiger partial charge in [-0.3, -0.25) is 4.79 Å². The molecule has 1 aromatic carbocycles. The number of amides is 1. The number of piperidine rings is 1. The van der Waals surface area contributed by atoms with Gasteiger partial charge < -0.3 is 10.2 Å². The predicted molar refractivity (Wildman–Crippen MR) is 117 cm³/mol. The average molecular weight is 445 g/mol. The lowest BCUT2D eigenvalue weighted by Gasteiger charge is -2.32. The van der Waals surface area contributed by atoms with E-state index in [1.807, 2.05) is 12.1 Å². The van der Waals surface area contributed by atoms with E-state index in [0.717, 1.165) is 40.9 Å². The first kappa shape index (κ1) is 20.7. The topological polar surface area (TPSA) is 83.9 Å². The van der Waals surface area contributed by atoms with Crippen LogP contribution in [-0.2, 0) is 4.79 Å². The number of nitrogens with zero attached hydrogens (tertiary/aromatic N) is 5. The molecule has 0 saturated carbocycles. The molecule has 2 aromatic heterocycles. The molecule has 0 aliphatic carbocycles. The molecule has 0 spiro atoms. The van der Waals surface area contributed by atoms with Crippen molar-refractivity contribution >= 4 is 40.0 Å². The van der Waals surface area contributed by atoms with Crippen LogP contribution in [0.4, 0.5) is 15.3 Å². The Labute approximate surface area is 182 Å². The number of carbonyl (C=O) groups is 1. The summed E-state index contributed by atoms with van der Waals surface area (Å²) in [5, 5.41) is 20.2. The third-order valence-corrected chi connectivity index (χ3v) is 6.67. The molecule has 10 heteroatoms. The zero-order chi connectivity index (χ0) is 20.9. The van der Waals surface area contributed by atoms with Crippen molar-refractivity contribution in [3.05, 3.63) is 42.2 Å². The summed E-state index contributed by atoms with van der Waals surface area (Å²) in [4.78, 5) is 14.8. The highest BCUT2D eigenvalue weighted by atomic mass is 32.2. The molecule has 4 rings (SSSR count). The molecule has 1 aliphatic heterocycles. The van der Waals surface area contributed by atoms with Crippen molar-refractivity contribution in [2.75, 3.05) is 29.1 Å². The molecule has 1 atom stereocenters. The van der Waals surface area contributed by atoms with E-state index in [1.54, 1.807) is 23.9 Å². The van der Waals surface area contributed by atoms with E-state index < -0.39 is 0 Å². The third-order valence-electron chi connectivity index (χ3n) is 4.81. The fourth-order valence-corrected chi connectivity index (χ4v) is 4.97. The number of benzene rings is 1. The van der Waals surface area contributed by atoms with Gasteiger partial charge in [0.2, 0.25) is 11.0 Å². The lowest BCUT2D eigenvalue weighted by molar-refractivity contribution is -0.120. The Kier molecular flexibility index (Phi) is 6.53. The Morgan fingerprint density at radius 3 is 2.77 bits per heavy atom. The molecule has 1 unspecified atom stereocenters. The van der Waals surface area contributed by atoms with E-state index in [1.165, 1.54) is 23.5 Å². The zero-order valence-corrected chi connectivity index (χ0v) is 18.0. The van der Waals surface area contributed by atoms with E-state index in [9.17, 15) is 9.18 Å². The normalized spacial score (nSPS) is 16.5. The fraction of sp³-hybridized carbons (Fsp3) is 0.350. The molecule has 3 aromatic rings. The highest BCUT2D eigenvalue weighted by molar-refractivity contribution is 8.01. The number of anilines is 2. The van der Waals surface area contributed by atoms with Gasteiger partial charge in [0, 0.05) is 18.7 Å². The molecule has 0 radical (unpaired) electrons. The van der Waals surface area contributed by atoms with E-state index >= 15 is 0 Å². The van der Waals surface area contributed by atoms with Gasteiger partial charge in [0.1, 0.15) is 5.82 Å². The smallest absolute Gasteiger partial charge is 0.231 e. The first-order chi connectivity index (χ1) is 14.6. The van der Waals surface area contributed by atoms with E-state index in [4.69, 9.17) is 0 Å². The van der Waals surface area contributed by atoms with Gasteiger partial charge in [0.15, 0.2) is 10.2 Å². The summed E-state index contributed by atoms with van der Waals surface area (Å²) < 4.78 is 14.0. The quantitative estimate of drug-likeness (QED) is 0.453. The van der Waals surface area contributed by atoms with Crippen LogP contribution in [0.5, 0.6) is 0 Å². The minimum Gasteiger partial charge on any atom is -0.354 e. The molecule has 156 valence electrons. The summed E-state index contributed by atoms with van der Waals surface area (Å²) in [5.41, 5.74) is 1.49. The molecule has 1 saturated heterocycles. The molecule has 7 nitrogen and oxygen atoms in total. The minimum absolute atomic E-state index is 0.0419. The summed E-state index contributed by atoms with van der Waals surface area (Å²) in [6.45, 7) is 3.45. The van der Waals surface area contributed by atoms with Gasteiger partial charge in [-0.05, 0) is 55.0 Å². The van der Waals surface area contributed by atoms with E-state index in [0.29, 0.717) is 17.4 Å². The van der Waals surface area contributed by atoms with Gasteiger partial charge in [-0.1, -0.05) is 30.0 Å². The number of carbonyl (C=O) groups excluding carboxylic acids is 1. The summed E-state index contributed by atoms with van der Waals surface area (Å²) in [5.74, 6) is 1.18. The van der Waals surface area contributed by atoms with Crippen molar-refractivity contribution in [3.63, 3.8) is 0 Å². The van der Waals surface area contributed by atoms with Gasteiger partial charge in [0.05, 0.1) is 11.6 Å². The molecular weight excluding hydrogens is 423 g/mol. The molecule has 30 heavy (non-hydrogen) atoms. The van der Waals surface area contributed by atoms with Crippen LogP contribution in [0.15, 0.2) is 40.7 Å². The largest absolute Gasteiger partial charge is 0.354 e. The number of nitrogens with one attached hydrogen (secondary N) is 1. The molecule has 0 bridgehead atoms. The highest BCUT2D eigenvalue weighted by Crippen LogP contribution is 2.27. The van der Waals surface area contributed by atoms with Gasteiger partial charge in [-0.2, -0.15) is 0 Å². The predicted octanol–water partition coefficient (Wildman–Crippen LogP) is 4.10. The minimum atomic E-state index is -0.283. The highest BCUT2D eigenvalue weighted by Gasteiger charge is 2.27. The summed E-state index contributed by atoms with van der Waals surface area (Å²) in [6, 6.07) is 9.93. The lowest BCUT2D eigenvalue weighted by Crippen LogP contribution is -2.41. The van der Waals surface area contributed by atoms with Crippen molar-refractivity contribution in [1.82, 2.24) is 20.4 Å². The van der Waals surface area contributed by atoms with Crippen LogP contribution < -0.4 is 10.2 Å². The van der Waals surface area contributed by atoms with Gasteiger partial charge >= 0.3 is 0 Å². The maximum Gasteiger partial charge on any atom is 0.231 e. The van der Waals surface area contributed by atoms with Crippen molar-refractivity contribution in [2.24, 2.45) is 5.92 Å². The van der Waals surface area contributed by atoms with Crippen LogP contribution in [0.25, 0.3) is 11.3 Å². The number of rotatable bonds is 6. The molecular formula is C20H21FN6OS2. The monoisotopic (exact) mass is 444 g/mol. The Morgan fingerprint density at radius 2 is 2.03 bits per heavy atom. The van der Waals surface area contributed by atoms with Crippen LogP contribution >= 0.6 is 23.1 Å². The first-order valence-corrected chi connectivity index (χ1v) is 11.5. The van der Waals surface area contributed by atoms with E-state index in [-0.39, 0.29) is 17.6 Å². The first-order valence-electron chi connectivity index (χ1n) is 9.74. The third kappa shape index (κ3) is 4.93. The Hall–Kier alpha value is -2.59. The lowest BCUT2D eigenvalue weighted by atomic mass is 9.97. The van der Waals surface area contributed by atoms with Gasteiger partial charge in [-0.15, -0.1) is 20.4 Å². The SMILES string of the molecule is CCSc1nnc(NC(=O)C2CCCN(c3ccc(-c4ccc(F)cc4)nn3)C2)s1. The second kappa shape index (κ2) is 9.48. The van der Waals surface area contributed by atoms with Crippen molar-refractivity contribution in [3.8, 4) is 11.3 Å². The average Bonchev–Trinajstić information content (AvgIpc) is 3.21. The number of hydrogen-bond donors (Lipinski definition) is 1. The second-order valence-corrected chi connectivity index (χ2v) is 9.35. The fourth-order valence-electron chi connectivity index (χ4n) is 3.32. The molecule has 3 heterocycles. The molecule has 1 amide bonds. The van der Waals surface area contributed by atoms with Crippen molar-refractivity contribution < 1.29 is 9.18 Å². The van der Waals surface area contributed by atoms with Crippen LogP contribution in [0.1, 0.15) is 19.8 Å². The molecule has 1 aliphatic rings. The Morgan fingerprint density at radius 1 is 1.20 bits per heavy atom. The van der Waals surface area contributed by atoms with Crippen molar-refractivity contribution in [1.29, 1.82) is 0 Å². The zero-order valence-electron chi connectivity index (χ0n) is 16.4. The van der Waals surface area contributed by atoms with E-state index in [2.05, 4.69) is 37.5 Å². The molecule has 1 N–H and O–H groups in total. The molecule has 1 fully saturated rings. The standard InChI is InChI=1S/C20H21FN6OS2/c1-2-29-20-26-25-19(30-20)22-18(28)14-4-3-11-27(12-14)17-10-9-16(23-24-17)13-5-7-15(21)8-6-13/h5-10,14H,2-4,11-12H2,1H3,(H,22,25,28). The van der Waals surface area contributed by atoms with Crippen LogP contribution in [0, 0.1) is 11.7 Å². The van der Waals surface area contributed by atoms with Crippen LogP contribution in [0.2, 0.25) is 0 Å². The van der Waals surface area contributed by atoms with Gasteiger partial charge in [0.25, 0.3) is 0 Å². The van der Waals surface area contributed by atoms with Crippen LogP contribution in [-0.4, -0.2) is 45.1 Å². The number of aromatic nitrogens is 4.